The monoisotopic (exact) mass is 727 g/mol. The molecule has 10 aliphatic rings. The molecule has 10 aliphatic heterocycles. The highest BCUT2D eigenvalue weighted by atomic mass is 16.8. The van der Waals surface area contributed by atoms with E-state index < -0.39 is 17.5 Å². The van der Waals surface area contributed by atoms with Crippen LogP contribution in [0.2, 0.25) is 0 Å². The predicted molar refractivity (Wildman–Crippen MR) is 189 cm³/mol. The van der Waals surface area contributed by atoms with Gasteiger partial charge in [-0.1, -0.05) is 27.0 Å². The highest BCUT2D eigenvalue weighted by Crippen LogP contribution is 2.58. The molecule has 0 aromatic heterocycles. The van der Waals surface area contributed by atoms with Gasteiger partial charge in [0.05, 0.1) is 54.9 Å². The Morgan fingerprint density at radius 1 is 0.808 bits per heavy atom. The molecule has 6 unspecified atom stereocenters. The molecule has 0 aromatic rings. The SMILES string of the molecule is C=C1C[C@@H]2CC[C@@]34C[C@]5(C)O[C@H]6[C@@H](O3)C3OC(CCC3O[C@H]6C5O4)CC(=O)C[C@H]3[C@H](C[C@H]4O[C@@H](CCC1O2)C[C@@H](C)C4=C)OC(C[C@H](O)CN)[C@@H]3C. The van der Waals surface area contributed by atoms with Gasteiger partial charge in [-0.2, -0.15) is 0 Å². The van der Waals surface area contributed by atoms with Crippen molar-refractivity contribution in [3.63, 3.8) is 0 Å². The highest BCUT2D eigenvalue weighted by molar-refractivity contribution is 5.79. The highest BCUT2D eigenvalue weighted by Gasteiger charge is 2.73. The first-order valence-corrected chi connectivity index (χ1v) is 20.5. The number of aliphatic hydroxyl groups is 1. The maximum atomic E-state index is 14.0. The molecule has 11 heteroatoms. The van der Waals surface area contributed by atoms with E-state index >= 15 is 0 Å². The minimum Gasteiger partial charge on any atom is -0.392 e. The first-order valence-electron chi connectivity index (χ1n) is 20.5. The second-order valence-electron chi connectivity index (χ2n) is 18.3. The lowest BCUT2D eigenvalue weighted by atomic mass is 9.78. The van der Waals surface area contributed by atoms with Crippen LogP contribution in [0.15, 0.2) is 24.3 Å². The number of carbonyl (C=O) groups excluding carboxylic acids is 1. The average Bonchev–Trinajstić information content (AvgIpc) is 3.73. The van der Waals surface area contributed by atoms with Crippen molar-refractivity contribution in [1.82, 2.24) is 0 Å². The van der Waals surface area contributed by atoms with Gasteiger partial charge in [0, 0.05) is 45.1 Å². The molecule has 0 radical (unpaired) electrons. The summed E-state index contributed by atoms with van der Waals surface area (Å²) in [5.74, 6) is -0.272. The van der Waals surface area contributed by atoms with E-state index in [1.807, 2.05) is 0 Å². The molecule has 10 rings (SSSR count). The zero-order valence-corrected chi connectivity index (χ0v) is 31.3. The van der Waals surface area contributed by atoms with E-state index in [4.69, 9.17) is 43.6 Å². The van der Waals surface area contributed by atoms with Crippen LogP contribution in [0.3, 0.4) is 0 Å². The van der Waals surface area contributed by atoms with Crippen LogP contribution in [0.25, 0.3) is 0 Å². The van der Waals surface area contributed by atoms with Crippen molar-refractivity contribution < 1.29 is 47.8 Å². The van der Waals surface area contributed by atoms with E-state index in [0.717, 1.165) is 56.1 Å². The van der Waals surface area contributed by atoms with Crippen molar-refractivity contribution >= 4 is 5.78 Å². The Morgan fingerprint density at radius 3 is 2.40 bits per heavy atom. The number of nitrogens with two attached hydrogens (primary N) is 1. The lowest BCUT2D eigenvalue weighted by molar-refractivity contribution is -0.294. The second-order valence-corrected chi connectivity index (χ2v) is 18.3. The Balaban J connectivity index is 0.994. The summed E-state index contributed by atoms with van der Waals surface area (Å²) in [5, 5.41) is 10.5. The Hall–Kier alpha value is -1.25. The number of Topliss-reactive ketones (excluding diaryl/α,β-unsaturated/α-hetero) is 1. The van der Waals surface area contributed by atoms with Crippen molar-refractivity contribution in [2.75, 3.05) is 6.54 Å². The smallest absolute Gasteiger partial charge is 0.172 e. The van der Waals surface area contributed by atoms with Crippen LogP contribution in [-0.2, 0) is 42.7 Å². The van der Waals surface area contributed by atoms with Gasteiger partial charge in [0.25, 0.3) is 0 Å². The lowest BCUT2D eigenvalue weighted by Crippen LogP contribution is -2.61. The molecular weight excluding hydrogens is 666 g/mol. The number of carbonyl (C=O) groups is 1. The minimum atomic E-state index is -0.803. The summed E-state index contributed by atoms with van der Waals surface area (Å²) < 4.78 is 54.5. The summed E-state index contributed by atoms with van der Waals surface area (Å²) in [7, 11) is 0. The first-order chi connectivity index (χ1) is 24.9. The Kier molecular flexibility index (Phi) is 9.62. The number of rotatable bonds is 3. The van der Waals surface area contributed by atoms with E-state index in [2.05, 4.69) is 33.9 Å². The van der Waals surface area contributed by atoms with E-state index in [9.17, 15) is 9.90 Å². The molecule has 12 bridgehead atoms. The van der Waals surface area contributed by atoms with Crippen molar-refractivity contribution in [3.8, 4) is 0 Å². The molecule has 10 heterocycles. The van der Waals surface area contributed by atoms with Crippen molar-refractivity contribution in [3.05, 3.63) is 24.3 Å². The van der Waals surface area contributed by atoms with Gasteiger partial charge < -0.3 is 48.7 Å². The molecule has 0 aliphatic carbocycles. The maximum absolute atomic E-state index is 14.0. The van der Waals surface area contributed by atoms with Gasteiger partial charge in [-0.15, -0.1) is 0 Å². The lowest BCUT2D eigenvalue weighted by Gasteiger charge is -2.47. The second kappa shape index (κ2) is 13.7. The topological polar surface area (TPSA) is 137 Å². The van der Waals surface area contributed by atoms with Gasteiger partial charge in [0.2, 0.25) is 0 Å². The molecule has 52 heavy (non-hydrogen) atoms. The zero-order chi connectivity index (χ0) is 36.1. The maximum Gasteiger partial charge on any atom is 0.172 e. The van der Waals surface area contributed by atoms with Crippen LogP contribution in [-0.4, -0.2) is 114 Å². The average molecular weight is 728 g/mol. The quantitative estimate of drug-likeness (QED) is 0.399. The van der Waals surface area contributed by atoms with E-state index in [1.54, 1.807) is 0 Å². The van der Waals surface area contributed by atoms with Crippen LogP contribution < -0.4 is 5.73 Å². The number of ether oxygens (including phenoxy) is 8. The van der Waals surface area contributed by atoms with Gasteiger partial charge in [-0.25, -0.2) is 0 Å². The summed E-state index contributed by atoms with van der Waals surface area (Å²) in [5.41, 5.74) is 7.57. The molecule has 3 N–H and O–H groups in total. The standard InChI is InChI=1S/C41H61NO10/c1-20-12-26-6-8-30-21(2)13-28(45-30)10-11-41-19-40(5)39(52-41)38-37(50-40)36(51-41)35-31(49-38)9-7-27(47-35)14-24(43)15-29-23(4)32(16-25(44)18-42)48-34(29)17-33(46-26)22(20)3/h20,23,25-39,44H,2-3,6-19,42H2,1,4-5H3/t20-,23-,25+,26+,27?,28+,29-,30?,31?,32?,33-,34+,35?,36+,37+,38-,39?,40+,41-/m1/s1. The molecule has 0 saturated carbocycles. The largest absolute Gasteiger partial charge is 0.392 e. The van der Waals surface area contributed by atoms with Crippen molar-refractivity contribution in [2.45, 2.75) is 201 Å². The summed E-state index contributed by atoms with van der Waals surface area (Å²) in [6.45, 7) is 15.6. The fraction of sp³-hybridized carbons (Fsp3) is 0.878. The van der Waals surface area contributed by atoms with Gasteiger partial charge in [0.1, 0.15) is 41.9 Å². The van der Waals surface area contributed by atoms with Gasteiger partial charge in [-0.05, 0) is 80.8 Å². The first kappa shape index (κ1) is 36.4. The summed E-state index contributed by atoms with van der Waals surface area (Å²) in [6.07, 6.45) is 6.17. The Labute approximate surface area is 308 Å². The van der Waals surface area contributed by atoms with Gasteiger partial charge in [-0.3, -0.25) is 4.79 Å². The summed E-state index contributed by atoms with van der Waals surface area (Å²) >= 11 is 0. The molecule has 10 saturated heterocycles. The van der Waals surface area contributed by atoms with Crippen LogP contribution in [0.5, 0.6) is 0 Å². The molecule has 0 aromatic carbocycles. The van der Waals surface area contributed by atoms with E-state index in [1.165, 1.54) is 0 Å². The number of fused-ring (bicyclic) bond motifs is 6. The van der Waals surface area contributed by atoms with Crippen LogP contribution >= 0.6 is 0 Å². The fourth-order valence-corrected chi connectivity index (χ4v) is 11.7. The minimum absolute atomic E-state index is 0.00566. The van der Waals surface area contributed by atoms with Crippen molar-refractivity contribution in [1.29, 1.82) is 0 Å². The van der Waals surface area contributed by atoms with Crippen molar-refractivity contribution in [2.24, 2.45) is 23.5 Å². The van der Waals surface area contributed by atoms with Gasteiger partial charge in [0.15, 0.2) is 5.79 Å². The molecule has 1 spiro atoms. The molecule has 290 valence electrons. The Bertz CT molecular complexity index is 1410. The number of hydrogen-bond acceptors (Lipinski definition) is 11. The van der Waals surface area contributed by atoms with E-state index in [-0.39, 0.29) is 104 Å². The van der Waals surface area contributed by atoms with Gasteiger partial charge >= 0.3 is 0 Å². The predicted octanol–water partition coefficient (Wildman–Crippen LogP) is 4.45. The van der Waals surface area contributed by atoms with Crippen LogP contribution in [0.1, 0.15) is 104 Å². The molecule has 19 atom stereocenters. The Morgan fingerprint density at radius 2 is 1.58 bits per heavy atom. The third-order valence-electron chi connectivity index (χ3n) is 14.6. The number of hydrogen-bond donors (Lipinski definition) is 2. The molecule has 11 nitrogen and oxygen atoms in total. The summed E-state index contributed by atoms with van der Waals surface area (Å²) in [6, 6.07) is 0. The fourth-order valence-electron chi connectivity index (χ4n) is 11.7. The van der Waals surface area contributed by atoms with Crippen LogP contribution in [0.4, 0.5) is 0 Å². The molecule has 0 amide bonds. The normalized spacial score (nSPS) is 53.8. The third kappa shape index (κ3) is 6.40. The zero-order valence-electron chi connectivity index (χ0n) is 31.3. The number of aliphatic hydroxyl groups excluding tert-OH is 1. The third-order valence-corrected chi connectivity index (χ3v) is 14.6. The molecule has 10 fully saturated rings. The summed E-state index contributed by atoms with van der Waals surface area (Å²) in [4.78, 5) is 14.0. The van der Waals surface area contributed by atoms with E-state index in [0.29, 0.717) is 44.4 Å². The number of ketones is 1. The molecular formula is C41H61NO10. The van der Waals surface area contributed by atoms with Crippen LogP contribution in [0, 0.1) is 17.8 Å².